The lowest BCUT2D eigenvalue weighted by Crippen LogP contribution is -2.27. The summed E-state index contributed by atoms with van der Waals surface area (Å²) in [5.41, 5.74) is 7.92. The largest absolute Gasteiger partial charge is 0.494 e. The molecule has 3 N–H and O–H groups in total. The average Bonchev–Trinajstić information content (AvgIpc) is 3.05. The molecular formula is C24H32N2O3S. The van der Waals surface area contributed by atoms with Gasteiger partial charge in [0.1, 0.15) is 10.8 Å². The van der Waals surface area contributed by atoms with Crippen molar-refractivity contribution in [1.82, 2.24) is 0 Å². The van der Waals surface area contributed by atoms with E-state index in [1.54, 1.807) is 24.3 Å². The quantitative estimate of drug-likeness (QED) is 0.577. The summed E-state index contributed by atoms with van der Waals surface area (Å²) >= 11 is 1.49. The van der Waals surface area contributed by atoms with Gasteiger partial charge in [-0.25, -0.2) is 0 Å². The first-order chi connectivity index (χ1) is 14.2. The first-order valence-electron chi connectivity index (χ1n) is 10.7. The maximum Gasteiger partial charge on any atom is 0.256 e. The maximum absolute atomic E-state index is 12.8. The van der Waals surface area contributed by atoms with Gasteiger partial charge in [-0.2, -0.15) is 0 Å². The molecule has 0 spiro atoms. The van der Waals surface area contributed by atoms with Crippen LogP contribution in [0.5, 0.6) is 5.75 Å². The molecule has 162 valence electrons. The Hall–Kier alpha value is -2.34. The Bertz CT molecular complexity index is 910. The summed E-state index contributed by atoms with van der Waals surface area (Å²) < 4.78 is 5.65. The summed E-state index contributed by atoms with van der Waals surface area (Å²) in [6.07, 6.45) is 4.84. The van der Waals surface area contributed by atoms with E-state index >= 15 is 0 Å². The Morgan fingerprint density at radius 2 is 1.93 bits per heavy atom. The van der Waals surface area contributed by atoms with E-state index in [4.69, 9.17) is 10.5 Å². The summed E-state index contributed by atoms with van der Waals surface area (Å²) in [4.78, 5) is 26.2. The van der Waals surface area contributed by atoms with Crippen LogP contribution in [0.1, 0.15) is 78.1 Å². The number of hydrogen-bond donors (Lipinski definition) is 2. The Balaban J connectivity index is 1.77. The number of benzene rings is 1. The molecule has 5 nitrogen and oxygen atoms in total. The molecule has 0 saturated carbocycles. The maximum atomic E-state index is 12.8. The smallest absolute Gasteiger partial charge is 0.256 e. The van der Waals surface area contributed by atoms with Crippen LogP contribution in [0.2, 0.25) is 0 Å². The Labute approximate surface area is 183 Å². The van der Waals surface area contributed by atoms with Crippen LogP contribution in [0.3, 0.4) is 0 Å². The van der Waals surface area contributed by atoms with Gasteiger partial charge in [-0.3, -0.25) is 9.59 Å². The highest BCUT2D eigenvalue weighted by atomic mass is 32.1. The fourth-order valence-electron chi connectivity index (χ4n) is 3.89. The first-order valence-corrected chi connectivity index (χ1v) is 11.5. The molecule has 0 radical (unpaired) electrons. The number of carbonyl (C=O) groups is 2. The molecule has 0 fully saturated rings. The highest BCUT2D eigenvalue weighted by Gasteiger charge is 2.33. The average molecular weight is 429 g/mol. The zero-order chi connectivity index (χ0) is 21.9. The van der Waals surface area contributed by atoms with Gasteiger partial charge < -0.3 is 15.8 Å². The molecule has 3 rings (SSSR count). The van der Waals surface area contributed by atoms with Crippen LogP contribution < -0.4 is 15.8 Å². The van der Waals surface area contributed by atoms with Gasteiger partial charge in [0.2, 0.25) is 0 Å². The zero-order valence-electron chi connectivity index (χ0n) is 18.3. The van der Waals surface area contributed by atoms with Crippen LogP contribution in [0.4, 0.5) is 5.00 Å². The van der Waals surface area contributed by atoms with E-state index in [2.05, 4.69) is 33.0 Å². The minimum atomic E-state index is -0.475. The second-order valence-corrected chi connectivity index (χ2v) is 10.2. The predicted molar refractivity (Wildman–Crippen MR) is 123 cm³/mol. The van der Waals surface area contributed by atoms with E-state index in [0.29, 0.717) is 28.7 Å². The van der Waals surface area contributed by atoms with Crippen molar-refractivity contribution in [2.75, 3.05) is 11.9 Å². The lowest BCUT2D eigenvalue weighted by molar-refractivity contribution is 0.1000. The number of nitrogens with one attached hydrogen (secondary N) is 1. The molecule has 1 aliphatic carbocycles. The van der Waals surface area contributed by atoms with Crippen LogP contribution in [0.25, 0.3) is 0 Å². The summed E-state index contributed by atoms with van der Waals surface area (Å²) in [6.45, 7) is 9.54. The lowest BCUT2D eigenvalue weighted by atomic mass is 9.72. The van der Waals surface area contributed by atoms with Gasteiger partial charge in [0.05, 0.1) is 12.2 Å². The number of unbranched alkanes of at least 4 members (excludes halogenated alkanes) is 1. The number of anilines is 1. The topological polar surface area (TPSA) is 81.4 Å². The molecule has 1 aromatic heterocycles. The molecule has 1 atom stereocenters. The van der Waals surface area contributed by atoms with E-state index in [9.17, 15) is 9.59 Å². The fraction of sp³-hybridized carbons (Fsp3) is 0.500. The van der Waals surface area contributed by atoms with Gasteiger partial charge in [-0.1, -0.05) is 34.1 Å². The number of amides is 2. The van der Waals surface area contributed by atoms with Crippen molar-refractivity contribution in [3.63, 3.8) is 0 Å². The van der Waals surface area contributed by atoms with Gasteiger partial charge in [0.25, 0.3) is 11.8 Å². The summed E-state index contributed by atoms with van der Waals surface area (Å²) in [6, 6.07) is 7.08. The van der Waals surface area contributed by atoms with Crippen LogP contribution in [-0.4, -0.2) is 18.4 Å². The van der Waals surface area contributed by atoms with Gasteiger partial charge in [-0.05, 0) is 66.8 Å². The number of hydrogen-bond acceptors (Lipinski definition) is 4. The molecule has 0 saturated heterocycles. The molecule has 0 unspecified atom stereocenters. The third kappa shape index (κ3) is 5.04. The third-order valence-corrected chi connectivity index (χ3v) is 7.02. The van der Waals surface area contributed by atoms with Crippen LogP contribution in [-0.2, 0) is 12.8 Å². The minimum Gasteiger partial charge on any atom is -0.494 e. The lowest BCUT2D eigenvalue weighted by Gasteiger charge is -2.33. The van der Waals surface area contributed by atoms with Crippen molar-refractivity contribution in [2.45, 2.75) is 59.8 Å². The van der Waals surface area contributed by atoms with Crippen molar-refractivity contribution in [3.8, 4) is 5.75 Å². The Morgan fingerprint density at radius 3 is 2.53 bits per heavy atom. The number of ether oxygens (including phenoxy) is 1. The first kappa shape index (κ1) is 22.3. The SMILES string of the molecule is CCCCOc1ccc(C(=O)Nc2sc3c(c2C(N)=O)CC[C@H](C(C)(C)C)C3)cc1. The second kappa shape index (κ2) is 9.21. The molecular weight excluding hydrogens is 396 g/mol. The Morgan fingerprint density at radius 1 is 1.23 bits per heavy atom. The van der Waals surface area contributed by atoms with Gasteiger partial charge in [0.15, 0.2) is 0 Å². The van der Waals surface area contributed by atoms with Crippen LogP contribution in [0.15, 0.2) is 24.3 Å². The van der Waals surface area contributed by atoms with Crippen LogP contribution >= 0.6 is 11.3 Å². The number of thiophene rings is 1. The molecule has 30 heavy (non-hydrogen) atoms. The molecule has 0 aliphatic heterocycles. The van der Waals surface area contributed by atoms with E-state index < -0.39 is 5.91 Å². The molecule has 1 heterocycles. The number of nitrogens with two attached hydrogens (primary N) is 1. The summed E-state index contributed by atoms with van der Waals surface area (Å²) in [5, 5.41) is 3.49. The molecule has 0 bridgehead atoms. The van der Waals surface area contributed by atoms with Crippen LogP contribution in [0, 0.1) is 11.3 Å². The molecule has 2 amide bonds. The number of carbonyl (C=O) groups excluding carboxylic acids is 2. The predicted octanol–water partition coefficient (Wildman–Crippen LogP) is 5.43. The van der Waals surface area contributed by atoms with Crippen molar-refractivity contribution in [1.29, 1.82) is 0 Å². The highest BCUT2D eigenvalue weighted by Crippen LogP contribution is 2.44. The van der Waals surface area contributed by atoms with Crippen molar-refractivity contribution < 1.29 is 14.3 Å². The third-order valence-electron chi connectivity index (χ3n) is 5.85. The van der Waals surface area contributed by atoms with Gasteiger partial charge >= 0.3 is 0 Å². The van der Waals surface area contributed by atoms with Gasteiger partial charge in [-0.15, -0.1) is 11.3 Å². The normalized spacial score (nSPS) is 16.1. The molecule has 1 aliphatic rings. The second-order valence-electron chi connectivity index (χ2n) is 9.06. The summed E-state index contributed by atoms with van der Waals surface area (Å²) in [5.74, 6) is 0.575. The zero-order valence-corrected chi connectivity index (χ0v) is 19.2. The number of primary amides is 1. The highest BCUT2D eigenvalue weighted by molar-refractivity contribution is 7.17. The van der Waals surface area contributed by atoms with E-state index in [1.165, 1.54) is 16.2 Å². The fourth-order valence-corrected chi connectivity index (χ4v) is 5.21. The standard InChI is InChI=1S/C24H32N2O3S/c1-5-6-13-29-17-10-7-15(8-11-17)22(28)26-23-20(21(25)27)18-12-9-16(24(2,3)4)14-19(18)30-23/h7-8,10-11,16H,5-6,9,12-14H2,1-4H3,(H2,25,27)(H,26,28)/t16-/m0/s1. The molecule has 2 aromatic rings. The van der Waals surface area contributed by atoms with Crippen molar-refractivity contribution >= 4 is 28.2 Å². The molecule has 1 aromatic carbocycles. The van der Waals surface area contributed by atoms with Gasteiger partial charge in [0, 0.05) is 10.4 Å². The van der Waals surface area contributed by atoms with Crippen molar-refractivity contribution in [2.24, 2.45) is 17.1 Å². The summed E-state index contributed by atoms with van der Waals surface area (Å²) in [7, 11) is 0. The van der Waals surface area contributed by atoms with E-state index in [1.807, 2.05) is 0 Å². The monoisotopic (exact) mass is 428 g/mol. The minimum absolute atomic E-state index is 0.207. The number of fused-ring (bicyclic) bond motifs is 1. The van der Waals surface area contributed by atoms with E-state index in [0.717, 1.165) is 43.4 Å². The number of rotatable bonds is 7. The molecule has 6 heteroatoms. The van der Waals surface area contributed by atoms with Crippen molar-refractivity contribution in [3.05, 3.63) is 45.8 Å². The Kier molecular flexibility index (Phi) is 6.86. The van der Waals surface area contributed by atoms with E-state index in [-0.39, 0.29) is 11.3 Å².